The van der Waals surface area contributed by atoms with Crippen LogP contribution in [0.2, 0.25) is 0 Å². The fourth-order valence-corrected chi connectivity index (χ4v) is 1.54. The van der Waals surface area contributed by atoms with Crippen molar-refractivity contribution in [3.63, 3.8) is 0 Å². The number of nitrogens with two attached hydrogens (primary N) is 1. The van der Waals surface area contributed by atoms with Crippen molar-refractivity contribution in [3.8, 4) is 0 Å². The maximum Gasteiger partial charge on any atom is 0.255 e. The lowest BCUT2D eigenvalue weighted by Gasteiger charge is -2.21. The van der Waals surface area contributed by atoms with Crippen molar-refractivity contribution in [1.82, 2.24) is 19.3 Å². The molecule has 6 heteroatoms. The van der Waals surface area contributed by atoms with Gasteiger partial charge in [-0.25, -0.2) is 4.68 Å². The van der Waals surface area contributed by atoms with Crippen LogP contribution in [0.5, 0.6) is 0 Å². The predicted octanol–water partition coefficient (Wildman–Crippen LogP) is 0.0908. The first-order valence-electron chi connectivity index (χ1n) is 4.70. The van der Waals surface area contributed by atoms with Gasteiger partial charge in [0, 0.05) is 25.5 Å². The van der Waals surface area contributed by atoms with E-state index in [1.54, 1.807) is 4.40 Å². The average Bonchev–Trinajstić information content (AvgIpc) is 2.74. The largest absolute Gasteiger partial charge is 0.368 e. The summed E-state index contributed by atoms with van der Waals surface area (Å²) in [4.78, 5) is 0. The fraction of sp³-hybridized carbons (Fsp3) is 0.500. The van der Waals surface area contributed by atoms with Crippen LogP contribution in [0.25, 0.3) is 5.78 Å². The van der Waals surface area contributed by atoms with Crippen molar-refractivity contribution in [2.45, 2.75) is 13.8 Å². The van der Waals surface area contributed by atoms with Crippen LogP contribution in [0, 0.1) is 0 Å². The summed E-state index contributed by atoms with van der Waals surface area (Å²) in [6, 6.07) is 0. The van der Waals surface area contributed by atoms with E-state index in [1.807, 2.05) is 17.1 Å². The minimum absolute atomic E-state index is 0.422. The molecule has 0 aliphatic heterocycles. The maximum absolute atomic E-state index is 5.63. The van der Waals surface area contributed by atoms with Crippen molar-refractivity contribution >= 4 is 11.7 Å². The van der Waals surface area contributed by atoms with Crippen molar-refractivity contribution in [1.29, 1.82) is 0 Å². The number of fused-ring (bicyclic) bond motifs is 1. The Morgan fingerprint density at radius 2 is 2.00 bits per heavy atom. The van der Waals surface area contributed by atoms with Gasteiger partial charge in [-0.3, -0.25) is 4.40 Å². The molecule has 0 spiro atoms. The topological polar surface area (TPSA) is 64.4 Å². The molecular weight excluding hydrogens is 180 g/mol. The Bertz CT molecular complexity index is 424. The van der Waals surface area contributed by atoms with E-state index >= 15 is 0 Å². The third-order valence-corrected chi connectivity index (χ3v) is 2.30. The first-order chi connectivity index (χ1) is 6.77. The molecule has 76 valence electrons. The van der Waals surface area contributed by atoms with Crippen molar-refractivity contribution in [2.24, 2.45) is 0 Å². The van der Waals surface area contributed by atoms with Crippen LogP contribution < -0.4 is 10.7 Å². The van der Waals surface area contributed by atoms with E-state index in [0.717, 1.165) is 18.9 Å². The van der Waals surface area contributed by atoms with Crippen LogP contribution in [-0.4, -0.2) is 32.4 Å². The Balaban J connectivity index is 2.51. The molecule has 0 bridgehead atoms. The summed E-state index contributed by atoms with van der Waals surface area (Å²) < 4.78 is 3.72. The summed E-state index contributed by atoms with van der Waals surface area (Å²) in [7, 11) is 0. The molecule has 6 nitrogen and oxygen atoms in total. The molecule has 2 aromatic heterocycles. The van der Waals surface area contributed by atoms with Gasteiger partial charge in [-0.2, -0.15) is 0 Å². The molecule has 2 N–H and O–H groups in total. The van der Waals surface area contributed by atoms with Crippen LogP contribution in [-0.2, 0) is 0 Å². The van der Waals surface area contributed by atoms with Crippen LogP contribution in [0.1, 0.15) is 13.8 Å². The summed E-state index contributed by atoms with van der Waals surface area (Å²) in [5, 5.41) is 9.96. The zero-order valence-electron chi connectivity index (χ0n) is 8.38. The van der Waals surface area contributed by atoms with Crippen molar-refractivity contribution in [2.75, 3.05) is 23.8 Å². The normalized spacial score (nSPS) is 11.0. The first-order valence-corrected chi connectivity index (χ1v) is 4.70. The van der Waals surface area contributed by atoms with Gasteiger partial charge in [0.1, 0.15) is 0 Å². The third-order valence-electron chi connectivity index (χ3n) is 2.30. The highest BCUT2D eigenvalue weighted by Gasteiger charge is 2.09. The molecule has 0 amide bonds. The molecule has 0 saturated carbocycles. The van der Waals surface area contributed by atoms with Crippen LogP contribution >= 0.6 is 0 Å². The minimum atomic E-state index is 0.422. The van der Waals surface area contributed by atoms with Gasteiger partial charge in [0.15, 0.2) is 0 Å². The fourth-order valence-electron chi connectivity index (χ4n) is 1.54. The van der Waals surface area contributed by atoms with Gasteiger partial charge >= 0.3 is 0 Å². The highest BCUT2D eigenvalue weighted by Crippen LogP contribution is 2.06. The monoisotopic (exact) mass is 194 g/mol. The molecule has 0 aromatic carbocycles. The SMILES string of the molecule is CCN(CC)n1ccn2c(N)nnc12. The van der Waals surface area contributed by atoms with Gasteiger partial charge in [0.2, 0.25) is 5.95 Å². The zero-order valence-corrected chi connectivity index (χ0v) is 8.38. The minimum Gasteiger partial charge on any atom is -0.368 e. The van der Waals surface area contributed by atoms with E-state index in [0.29, 0.717) is 5.95 Å². The van der Waals surface area contributed by atoms with E-state index in [2.05, 4.69) is 29.1 Å². The highest BCUT2D eigenvalue weighted by atomic mass is 15.6. The number of rotatable bonds is 3. The molecule has 0 saturated heterocycles. The molecule has 0 aliphatic rings. The summed E-state index contributed by atoms with van der Waals surface area (Å²) in [5.74, 6) is 1.18. The molecule has 0 fully saturated rings. The Morgan fingerprint density at radius 1 is 1.29 bits per heavy atom. The van der Waals surface area contributed by atoms with Gasteiger partial charge in [-0.1, -0.05) is 0 Å². The molecule has 0 radical (unpaired) electrons. The Morgan fingerprint density at radius 3 is 2.64 bits per heavy atom. The van der Waals surface area contributed by atoms with E-state index in [-0.39, 0.29) is 0 Å². The van der Waals surface area contributed by atoms with E-state index in [4.69, 9.17) is 5.73 Å². The summed E-state index contributed by atoms with van der Waals surface area (Å²) >= 11 is 0. The standard InChI is InChI=1S/C8H14N6/c1-3-12(4-2)14-6-5-13-7(9)10-11-8(13)14/h5-6H,3-4H2,1-2H3,(H2,9,10). The number of imidazole rings is 1. The quantitative estimate of drug-likeness (QED) is 0.752. The highest BCUT2D eigenvalue weighted by molar-refractivity contribution is 5.38. The van der Waals surface area contributed by atoms with Gasteiger partial charge in [-0.15, -0.1) is 10.2 Å². The number of hydrogen-bond donors (Lipinski definition) is 1. The second kappa shape index (κ2) is 3.21. The lowest BCUT2D eigenvalue weighted by molar-refractivity contribution is 0.631. The summed E-state index contributed by atoms with van der Waals surface area (Å²) in [6.07, 6.45) is 3.80. The molecule has 0 atom stereocenters. The lowest BCUT2D eigenvalue weighted by Crippen LogP contribution is -2.33. The number of anilines is 1. The van der Waals surface area contributed by atoms with Crippen molar-refractivity contribution < 1.29 is 0 Å². The van der Waals surface area contributed by atoms with E-state index in [9.17, 15) is 0 Å². The smallest absolute Gasteiger partial charge is 0.255 e. The van der Waals surface area contributed by atoms with Gasteiger partial charge in [-0.05, 0) is 13.8 Å². The number of nitrogen functional groups attached to an aromatic ring is 1. The molecule has 2 heterocycles. The van der Waals surface area contributed by atoms with Crippen LogP contribution in [0.4, 0.5) is 5.95 Å². The van der Waals surface area contributed by atoms with Gasteiger partial charge < -0.3 is 10.7 Å². The predicted molar refractivity (Wildman–Crippen MR) is 54.7 cm³/mol. The Kier molecular flexibility index (Phi) is 2.03. The molecule has 2 aromatic rings. The van der Waals surface area contributed by atoms with E-state index < -0.39 is 0 Å². The average molecular weight is 194 g/mol. The van der Waals surface area contributed by atoms with Gasteiger partial charge in [0.05, 0.1) is 0 Å². The van der Waals surface area contributed by atoms with Crippen LogP contribution in [0.3, 0.4) is 0 Å². The molecule has 2 rings (SSSR count). The molecule has 0 aliphatic carbocycles. The van der Waals surface area contributed by atoms with E-state index in [1.165, 1.54) is 0 Å². The number of aromatic nitrogens is 4. The van der Waals surface area contributed by atoms with Crippen molar-refractivity contribution in [3.05, 3.63) is 12.4 Å². The first kappa shape index (κ1) is 8.86. The molecular formula is C8H14N6. The third kappa shape index (κ3) is 1.11. The Hall–Kier alpha value is -1.72. The second-order valence-corrected chi connectivity index (χ2v) is 3.01. The summed E-state index contributed by atoms with van der Waals surface area (Å²) in [6.45, 7) is 6.04. The maximum atomic E-state index is 5.63. The lowest BCUT2D eigenvalue weighted by atomic mass is 10.6. The molecule has 0 unspecified atom stereocenters. The summed E-state index contributed by atoms with van der Waals surface area (Å²) in [5.41, 5.74) is 5.63. The number of nitrogens with zero attached hydrogens (tertiary/aromatic N) is 5. The number of hydrogen-bond acceptors (Lipinski definition) is 4. The van der Waals surface area contributed by atoms with Crippen LogP contribution in [0.15, 0.2) is 12.4 Å². The molecule has 14 heavy (non-hydrogen) atoms. The zero-order chi connectivity index (χ0) is 10.1. The van der Waals surface area contributed by atoms with Gasteiger partial charge in [0.25, 0.3) is 5.78 Å². The second-order valence-electron chi connectivity index (χ2n) is 3.01. The Labute approximate surface area is 81.9 Å².